The van der Waals surface area contributed by atoms with Crippen LogP contribution in [-0.2, 0) is 4.79 Å². The number of likely N-dealkylation sites (N-methyl/N-ethyl adjacent to an activating group) is 2. The molecule has 3 rings (SSSR count). The fourth-order valence-electron chi connectivity index (χ4n) is 3.21. The van der Waals surface area contributed by atoms with Crippen LogP contribution in [0.25, 0.3) is 11.0 Å². The molecule has 0 radical (unpaired) electrons. The molecule has 0 aliphatic carbocycles. The van der Waals surface area contributed by atoms with Gasteiger partial charge in [-0.3, -0.25) is 9.69 Å². The number of hydrogen-bond acceptors (Lipinski definition) is 4. The Bertz CT molecular complexity index is 899. The van der Waals surface area contributed by atoms with Crippen LogP contribution in [0.5, 0.6) is 5.75 Å². The van der Waals surface area contributed by atoms with Gasteiger partial charge in [0.25, 0.3) is 0 Å². The van der Waals surface area contributed by atoms with E-state index in [-0.39, 0.29) is 18.0 Å². The van der Waals surface area contributed by atoms with E-state index in [2.05, 4.69) is 6.92 Å². The molecule has 2 aromatic carbocycles. The predicted octanol–water partition coefficient (Wildman–Crippen LogP) is 4.65. The minimum Gasteiger partial charge on any atom is -0.497 e. The van der Waals surface area contributed by atoms with E-state index in [1.54, 1.807) is 12.0 Å². The van der Waals surface area contributed by atoms with Crippen molar-refractivity contribution >= 4 is 16.9 Å². The number of fused-ring (bicyclic) bond motifs is 1. The third-order valence-corrected chi connectivity index (χ3v) is 5.47. The first-order valence-electron chi connectivity index (χ1n) is 9.49. The summed E-state index contributed by atoms with van der Waals surface area (Å²) in [4.78, 5) is 16.6. The standard InChI is InChI=1S/C23H28N2O3/c1-16(18-10-12-20(27-5)13-11-18)24(3)15-23(26)25(4)17(2)22-14-19-8-6-7-9-21(19)28-22/h6-14,16-17H,15H2,1-5H3. The molecule has 0 fully saturated rings. The molecular weight excluding hydrogens is 352 g/mol. The lowest BCUT2D eigenvalue weighted by Crippen LogP contribution is -2.38. The predicted molar refractivity (Wildman–Crippen MR) is 111 cm³/mol. The van der Waals surface area contributed by atoms with Gasteiger partial charge in [0.15, 0.2) is 0 Å². The Labute approximate surface area is 166 Å². The van der Waals surface area contributed by atoms with Gasteiger partial charge in [0.05, 0.1) is 19.7 Å². The second-order valence-electron chi connectivity index (χ2n) is 7.23. The van der Waals surface area contributed by atoms with Crippen molar-refractivity contribution in [3.8, 4) is 5.75 Å². The molecule has 0 aliphatic heterocycles. The van der Waals surface area contributed by atoms with Gasteiger partial charge in [0.2, 0.25) is 5.91 Å². The molecule has 0 saturated heterocycles. The largest absolute Gasteiger partial charge is 0.497 e. The summed E-state index contributed by atoms with van der Waals surface area (Å²) in [7, 11) is 5.45. The number of methoxy groups -OCH3 is 1. The SMILES string of the molecule is COc1ccc(C(C)N(C)CC(=O)N(C)C(C)c2cc3ccccc3o2)cc1. The van der Waals surface area contributed by atoms with Crippen LogP contribution in [0.3, 0.4) is 0 Å². The molecule has 0 saturated carbocycles. The molecular formula is C23H28N2O3. The van der Waals surface area contributed by atoms with Crippen LogP contribution in [0.4, 0.5) is 0 Å². The highest BCUT2D eigenvalue weighted by Gasteiger charge is 2.23. The summed E-state index contributed by atoms with van der Waals surface area (Å²) in [5.41, 5.74) is 1.99. The highest BCUT2D eigenvalue weighted by molar-refractivity contribution is 5.80. The van der Waals surface area contributed by atoms with E-state index in [0.29, 0.717) is 6.54 Å². The second kappa shape index (κ2) is 8.48. The second-order valence-corrected chi connectivity index (χ2v) is 7.23. The molecule has 148 valence electrons. The van der Waals surface area contributed by atoms with E-state index >= 15 is 0 Å². The zero-order chi connectivity index (χ0) is 20.3. The number of para-hydroxylation sites is 1. The molecule has 0 aliphatic rings. The Morgan fingerprint density at radius 2 is 1.71 bits per heavy atom. The average Bonchev–Trinajstić information content (AvgIpc) is 3.16. The Kier molecular flexibility index (Phi) is 6.05. The maximum atomic E-state index is 12.8. The average molecular weight is 380 g/mol. The molecule has 0 N–H and O–H groups in total. The minimum atomic E-state index is -0.135. The van der Waals surface area contributed by atoms with Crippen molar-refractivity contribution in [2.24, 2.45) is 0 Å². The highest BCUT2D eigenvalue weighted by atomic mass is 16.5. The Balaban J connectivity index is 1.64. The number of carbonyl (C=O) groups excluding carboxylic acids is 1. The zero-order valence-corrected chi connectivity index (χ0v) is 17.2. The van der Waals surface area contributed by atoms with Crippen molar-refractivity contribution in [1.82, 2.24) is 9.80 Å². The first kappa shape index (κ1) is 20.0. The monoisotopic (exact) mass is 380 g/mol. The Hall–Kier alpha value is -2.79. The molecule has 3 aromatic rings. The fourth-order valence-corrected chi connectivity index (χ4v) is 3.21. The number of benzene rings is 2. The quantitative estimate of drug-likeness (QED) is 0.598. The van der Waals surface area contributed by atoms with Gasteiger partial charge < -0.3 is 14.1 Å². The van der Waals surface area contributed by atoms with Crippen LogP contribution in [0.2, 0.25) is 0 Å². The van der Waals surface area contributed by atoms with Crippen LogP contribution >= 0.6 is 0 Å². The van der Waals surface area contributed by atoms with Crippen LogP contribution in [0, 0.1) is 0 Å². The van der Waals surface area contributed by atoms with E-state index in [1.165, 1.54) is 0 Å². The molecule has 1 aromatic heterocycles. The molecule has 0 spiro atoms. The highest BCUT2D eigenvalue weighted by Crippen LogP contribution is 2.27. The third kappa shape index (κ3) is 4.20. The van der Waals surface area contributed by atoms with Gasteiger partial charge in [0, 0.05) is 18.5 Å². The number of nitrogens with zero attached hydrogens (tertiary/aromatic N) is 2. The molecule has 2 atom stereocenters. The Morgan fingerprint density at radius 3 is 2.36 bits per heavy atom. The van der Waals surface area contributed by atoms with Crippen LogP contribution in [0.15, 0.2) is 59.0 Å². The molecule has 0 bridgehead atoms. The molecule has 5 nitrogen and oxygen atoms in total. The summed E-state index contributed by atoms with van der Waals surface area (Å²) >= 11 is 0. The van der Waals surface area contributed by atoms with Crippen molar-refractivity contribution in [2.75, 3.05) is 27.7 Å². The minimum absolute atomic E-state index is 0.0517. The van der Waals surface area contributed by atoms with E-state index in [1.807, 2.05) is 80.5 Å². The van der Waals surface area contributed by atoms with Crippen molar-refractivity contribution < 1.29 is 13.9 Å². The molecule has 1 heterocycles. The topological polar surface area (TPSA) is 45.9 Å². The number of ether oxygens (including phenoxy) is 1. The van der Waals surface area contributed by atoms with Gasteiger partial charge in [-0.05, 0) is 50.7 Å². The fraction of sp³-hybridized carbons (Fsp3) is 0.348. The number of amides is 1. The first-order valence-corrected chi connectivity index (χ1v) is 9.49. The summed E-state index contributed by atoms with van der Waals surface area (Å²) in [5, 5.41) is 1.05. The van der Waals surface area contributed by atoms with Crippen molar-refractivity contribution in [1.29, 1.82) is 0 Å². The molecule has 5 heteroatoms. The maximum absolute atomic E-state index is 12.8. The molecule has 28 heavy (non-hydrogen) atoms. The molecule has 2 unspecified atom stereocenters. The van der Waals surface area contributed by atoms with Gasteiger partial charge >= 0.3 is 0 Å². The number of carbonyl (C=O) groups is 1. The van der Waals surface area contributed by atoms with Gasteiger partial charge in [-0.1, -0.05) is 30.3 Å². The lowest BCUT2D eigenvalue weighted by atomic mass is 10.1. The lowest BCUT2D eigenvalue weighted by molar-refractivity contribution is -0.133. The van der Waals surface area contributed by atoms with Crippen LogP contribution < -0.4 is 4.74 Å². The van der Waals surface area contributed by atoms with Crippen LogP contribution in [-0.4, -0.2) is 43.5 Å². The van der Waals surface area contributed by atoms with Crippen molar-refractivity contribution in [2.45, 2.75) is 25.9 Å². The van der Waals surface area contributed by atoms with E-state index in [9.17, 15) is 4.79 Å². The number of rotatable bonds is 7. The van der Waals surface area contributed by atoms with Gasteiger partial charge in [0.1, 0.15) is 17.1 Å². The van der Waals surface area contributed by atoms with Crippen LogP contribution in [0.1, 0.15) is 37.3 Å². The third-order valence-electron chi connectivity index (χ3n) is 5.47. The Morgan fingerprint density at radius 1 is 1.04 bits per heavy atom. The van der Waals surface area contributed by atoms with Gasteiger partial charge in [-0.15, -0.1) is 0 Å². The first-order chi connectivity index (χ1) is 13.4. The maximum Gasteiger partial charge on any atom is 0.237 e. The summed E-state index contributed by atoms with van der Waals surface area (Å²) in [6.45, 7) is 4.41. The summed E-state index contributed by atoms with van der Waals surface area (Å²) in [5.74, 6) is 1.67. The summed E-state index contributed by atoms with van der Waals surface area (Å²) < 4.78 is 11.1. The van der Waals surface area contributed by atoms with E-state index in [4.69, 9.17) is 9.15 Å². The summed E-state index contributed by atoms with van der Waals surface area (Å²) in [6, 6.07) is 17.8. The molecule has 1 amide bonds. The normalized spacial score (nSPS) is 13.5. The lowest BCUT2D eigenvalue weighted by Gasteiger charge is -2.29. The smallest absolute Gasteiger partial charge is 0.237 e. The zero-order valence-electron chi connectivity index (χ0n) is 17.2. The number of furan rings is 1. The van der Waals surface area contributed by atoms with Gasteiger partial charge in [-0.25, -0.2) is 0 Å². The van der Waals surface area contributed by atoms with E-state index in [0.717, 1.165) is 28.0 Å². The summed E-state index contributed by atoms with van der Waals surface area (Å²) in [6.07, 6.45) is 0. The van der Waals surface area contributed by atoms with Crippen molar-refractivity contribution in [3.05, 3.63) is 65.9 Å². The number of hydrogen-bond donors (Lipinski definition) is 0. The van der Waals surface area contributed by atoms with E-state index < -0.39 is 0 Å². The van der Waals surface area contributed by atoms with Gasteiger partial charge in [-0.2, -0.15) is 0 Å². The van der Waals surface area contributed by atoms with Crippen molar-refractivity contribution in [3.63, 3.8) is 0 Å².